The summed E-state index contributed by atoms with van der Waals surface area (Å²) in [7, 11) is 4.30. The summed E-state index contributed by atoms with van der Waals surface area (Å²) in [6, 6.07) is 28.0. The van der Waals surface area contributed by atoms with Crippen molar-refractivity contribution in [2.45, 2.75) is 96.2 Å². The van der Waals surface area contributed by atoms with Gasteiger partial charge in [0, 0.05) is 55.3 Å². The molecule has 458 valence electrons. The van der Waals surface area contributed by atoms with Crippen LogP contribution < -0.4 is 45.3 Å². The topological polar surface area (TPSA) is 171 Å². The quantitative estimate of drug-likeness (QED) is 0.0926. The van der Waals surface area contributed by atoms with E-state index < -0.39 is 51.8 Å². The molecular weight excluding hydrogens is 1210 g/mol. The van der Waals surface area contributed by atoms with E-state index in [1.54, 1.807) is 108 Å². The van der Waals surface area contributed by atoms with Gasteiger partial charge in [0.2, 0.25) is 0 Å². The van der Waals surface area contributed by atoms with Gasteiger partial charge in [0.1, 0.15) is 34.1 Å². The van der Waals surface area contributed by atoms with Crippen molar-refractivity contribution < 1.29 is 41.9 Å². The van der Waals surface area contributed by atoms with Gasteiger partial charge in [0.25, 0.3) is 35.4 Å². The van der Waals surface area contributed by atoms with E-state index in [0.717, 1.165) is 36.0 Å². The Bertz CT molecular complexity index is 4220. The first kappa shape index (κ1) is 64.5. The molecule has 2 saturated carbocycles. The number of carbonyl (C=O) groups excluding carboxylic acids is 6. The summed E-state index contributed by atoms with van der Waals surface area (Å²) in [5.74, 6) is -4.18. The molecule has 90 heavy (non-hydrogen) atoms. The maximum atomic E-state index is 14.7. The van der Waals surface area contributed by atoms with Crippen molar-refractivity contribution in [3.63, 3.8) is 0 Å². The Kier molecular flexibility index (Phi) is 18.1. The van der Waals surface area contributed by atoms with Crippen LogP contribution in [-0.2, 0) is 14.4 Å². The molecule has 0 atom stereocenters. The fraction of sp³-hybridized carbons (Fsp3) is 0.273. The molecule has 6 amide bonds. The van der Waals surface area contributed by atoms with E-state index in [2.05, 4.69) is 30.5 Å². The summed E-state index contributed by atoms with van der Waals surface area (Å²) >= 11 is 17.0. The maximum absolute atomic E-state index is 14.7. The average molecular weight is 1270 g/mol. The number of hydrogen-bond donors (Lipinski definition) is 3. The molecule has 24 heteroatoms. The number of benzene rings is 6. The summed E-state index contributed by atoms with van der Waals surface area (Å²) in [5, 5.41) is 7.94. The molecule has 5 fully saturated rings. The highest BCUT2D eigenvalue weighted by molar-refractivity contribution is 7.81. The van der Waals surface area contributed by atoms with E-state index in [1.165, 1.54) is 72.2 Å². The number of nitrogens with zero attached hydrogens (tertiary/aromatic N) is 9. The van der Waals surface area contributed by atoms with Crippen LogP contribution in [0.3, 0.4) is 0 Å². The minimum Gasteiger partial charge on any atom is -0.355 e. The van der Waals surface area contributed by atoms with Gasteiger partial charge in [0.15, 0.2) is 32.4 Å². The molecule has 18 nitrogen and oxygen atoms in total. The lowest BCUT2D eigenvalue weighted by Crippen LogP contribution is -2.55. The largest absolute Gasteiger partial charge is 0.355 e. The van der Waals surface area contributed by atoms with E-state index in [0.29, 0.717) is 76.9 Å². The zero-order valence-electron chi connectivity index (χ0n) is 50.2. The molecule has 3 saturated heterocycles. The van der Waals surface area contributed by atoms with Gasteiger partial charge in [-0.05, 0) is 211 Å². The molecule has 11 rings (SSSR count). The van der Waals surface area contributed by atoms with Crippen LogP contribution >= 0.6 is 36.7 Å². The van der Waals surface area contributed by atoms with E-state index >= 15 is 0 Å². The monoisotopic (exact) mass is 1270 g/mol. The first-order valence-electron chi connectivity index (χ1n) is 28.4. The van der Waals surface area contributed by atoms with Gasteiger partial charge in [-0.2, -0.15) is 0 Å². The van der Waals surface area contributed by atoms with Gasteiger partial charge in [0.05, 0.1) is 36.4 Å². The highest BCUT2D eigenvalue weighted by Crippen LogP contribution is 2.50. The molecule has 3 heterocycles. The number of amides is 6. The van der Waals surface area contributed by atoms with E-state index in [1.807, 2.05) is 13.8 Å². The minimum atomic E-state index is -1.07. The van der Waals surface area contributed by atoms with Gasteiger partial charge in [-0.1, -0.05) is 31.0 Å². The molecule has 6 aromatic carbocycles. The van der Waals surface area contributed by atoms with Crippen molar-refractivity contribution in [2.75, 3.05) is 50.5 Å². The highest BCUT2D eigenvalue weighted by atomic mass is 32.1. The molecule has 5 aliphatic rings. The standard InChI is InChI=1S/C23H21FN4O2S.C22H19FN4O2S.C21H19FN4O2S/c1-14-12-15(7-9-19(14)25-2)27-21(30)23(10-4-5-11-23)28(22(27)31)16-6-8-17(18(24)13-16)20(29)26-3;1-13-11-14(6-8-18(13)24-2)26-20(29)22(9-4-10-22)27(21(26)30)15-5-7-16(17(23)12-15)19(28)25-3;1-12-10-13(7-9-17(12)23-4)25-19(28)21(2,3)26(20(25)29)14-6-8-15(16(22)11-14)18(27)24-5/h6-9,12-13H,4-5,10-11H2,1,3H3,(H,26,29);5-8,11-12H,4,9-10H2,1,3H3,(H,25,28);6-11H,1-3,5H3,(H,24,27). The predicted molar refractivity (Wildman–Crippen MR) is 351 cm³/mol. The first-order valence-corrected chi connectivity index (χ1v) is 29.6. The lowest BCUT2D eigenvalue weighted by atomic mass is 9.75. The lowest BCUT2D eigenvalue weighted by Gasteiger charge is -2.43. The van der Waals surface area contributed by atoms with Crippen LogP contribution in [0.4, 0.5) is 64.4 Å². The van der Waals surface area contributed by atoms with Crippen molar-refractivity contribution in [3.05, 3.63) is 194 Å². The van der Waals surface area contributed by atoms with Crippen molar-refractivity contribution in [2.24, 2.45) is 0 Å². The van der Waals surface area contributed by atoms with Crippen LogP contribution in [0.25, 0.3) is 14.5 Å². The van der Waals surface area contributed by atoms with Gasteiger partial charge in [-0.3, -0.25) is 43.5 Å². The Balaban J connectivity index is 0.000000160. The molecule has 3 N–H and O–H groups in total. The van der Waals surface area contributed by atoms with Crippen molar-refractivity contribution in [1.29, 1.82) is 0 Å². The third-order valence-corrected chi connectivity index (χ3v) is 17.9. The number of halogens is 3. The number of anilines is 6. The number of rotatable bonds is 9. The van der Waals surface area contributed by atoms with Gasteiger partial charge in [-0.25, -0.2) is 27.7 Å². The third kappa shape index (κ3) is 11.0. The zero-order valence-corrected chi connectivity index (χ0v) is 52.6. The zero-order chi connectivity index (χ0) is 65.5. The molecule has 3 aliphatic heterocycles. The van der Waals surface area contributed by atoms with Crippen LogP contribution in [0.1, 0.15) is 107 Å². The Morgan fingerprint density at radius 1 is 0.433 bits per heavy atom. The van der Waals surface area contributed by atoms with Gasteiger partial charge in [-0.15, -0.1) is 0 Å². The van der Waals surface area contributed by atoms with Crippen molar-refractivity contribution in [3.8, 4) is 0 Å². The summed E-state index contributed by atoms with van der Waals surface area (Å²) in [6.07, 6.45) is 5.05. The Morgan fingerprint density at radius 2 is 0.711 bits per heavy atom. The van der Waals surface area contributed by atoms with Gasteiger partial charge < -0.3 is 30.7 Å². The number of nitrogens with one attached hydrogen (secondary N) is 3. The second-order valence-corrected chi connectivity index (χ2v) is 23.5. The average Bonchev–Trinajstić information content (AvgIpc) is 1.57. The van der Waals surface area contributed by atoms with Gasteiger partial charge >= 0.3 is 0 Å². The van der Waals surface area contributed by atoms with E-state index in [9.17, 15) is 41.9 Å². The molecular formula is C66H59F3N12O6S3. The molecule has 6 aromatic rings. The van der Waals surface area contributed by atoms with Crippen LogP contribution in [0, 0.1) is 57.9 Å². The van der Waals surface area contributed by atoms with Crippen LogP contribution in [0.15, 0.2) is 109 Å². The fourth-order valence-electron chi connectivity index (χ4n) is 11.9. The normalized spacial score (nSPS) is 16.7. The van der Waals surface area contributed by atoms with Crippen molar-refractivity contribution >= 4 is 139 Å². The first-order chi connectivity index (χ1) is 42.8. The predicted octanol–water partition coefficient (Wildman–Crippen LogP) is 12.6. The molecule has 2 spiro atoms. The summed E-state index contributed by atoms with van der Waals surface area (Å²) in [6.45, 7) is 30.5. The third-order valence-electron chi connectivity index (χ3n) is 16.8. The summed E-state index contributed by atoms with van der Waals surface area (Å²) in [5.41, 5.74) is 3.74. The smallest absolute Gasteiger partial charge is 0.259 e. The molecule has 0 radical (unpaired) electrons. The SMILES string of the molecule is [C-]#[N+]c1ccc(N2C(=O)C(C)(C)N(c3ccc(C(=O)NC)c(F)c3)C2=S)cc1C.[C-]#[N+]c1ccc(N2C(=O)C3(CCC3)N(c3ccc(C(=O)NC)c(F)c3)C2=S)cc1C.[C-]#[N+]c1ccc(N2C(=O)C3(CCCC3)N(c3ccc(C(=O)NC)c(F)c3)C2=S)cc1C. The molecule has 0 bridgehead atoms. The van der Waals surface area contributed by atoms with E-state index in [4.69, 9.17) is 56.4 Å². The van der Waals surface area contributed by atoms with E-state index in [-0.39, 0.29) is 49.7 Å². The highest BCUT2D eigenvalue weighted by Gasteiger charge is 2.60. The second-order valence-electron chi connectivity index (χ2n) is 22.4. The number of aryl methyl sites for hydroxylation is 3. The summed E-state index contributed by atoms with van der Waals surface area (Å²) in [4.78, 5) is 95.5. The van der Waals surface area contributed by atoms with Crippen LogP contribution in [0.5, 0.6) is 0 Å². The minimum absolute atomic E-state index is 0.0645. The Labute approximate surface area is 534 Å². The maximum Gasteiger partial charge on any atom is 0.259 e. The van der Waals surface area contributed by atoms with Crippen molar-refractivity contribution in [1.82, 2.24) is 16.0 Å². The molecule has 0 unspecified atom stereocenters. The Morgan fingerprint density at radius 3 is 0.978 bits per heavy atom. The number of thiocarbonyl (C=S) groups is 3. The second kappa shape index (κ2) is 25.3. The lowest BCUT2D eigenvalue weighted by molar-refractivity contribution is -0.124. The molecule has 2 aliphatic carbocycles. The number of carbonyl (C=O) groups is 6. The molecule has 0 aromatic heterocycles. The Hall–Kier alpha value is -9.93. The number of hydrogen-bond acceptors (Lipinski definition) is 9. The summed E-state index contributed by atoms with van der Waals surface area (Å²) < 4.78 is 43.9. The van der Waals surface area contributed by atoms with Crippen LogP contribution in [0.2, 0.25) is 0 Å². The fourth-order valence-corrected chi connectivity index (χ4v) is 13.4. The van der Waals surface area contributed by atoms with Crippen LogP contribution in [-0.4, -0.2) is 88.5 Å².